The van der Waals surface area contributed by atoms with E-state index in [1.807, 2.05) is 0 Å². The number of nitrogens with two attached hydrogens (primary N) is 1. The zero-order valence-electron chi connectivity index (χ0n) is 8.91. The summed E-state index contributed by atoms with van der Waals surface area (Å²) in [5, 5.41) is 0. The average Bonchev–Trinajstić information content (AvgIpc) is 3.04. The summed E-state index contributed by atoms with van der Waals surface area (Å²) in [4.78, 5) is 0.168. The summed E-state index contributed by atoms with van der Waals surface area (Å²) in [5.74, 6) is 1.04. The van der Waals surface area contributed by atoms with Gasteiger partial charge in [0.2, 0.25) is 0 Å². The number of halogens is 1. The Morgan fingerprint density at radius 1 is 1.50 bits per heavy atom. The molecule has 1 fully saturated rings. The Balaban J connectivity index is 2.02. The molecule has 0 aromatic heterocycles. The zero-order valence-corrected chi connectivity index (χ0v) is 9.73. The number of hydrogen-bond donors (Lipinski definition) is 1. The molecule has 0 spiro atoms. The molecule has 1 saturated carbocycles. The average molecular weight is 239 g/mol. The molecule has 1 aliphatic carbocycles. The second kappa shape index (κ2) is 4.78. The molecule has 2 N–H and O–H groups in total. The largest absolute Gasteiger partial charge is 0.493 e. The SMILES string of the molecule is NC(=S)c1cc(F)ccc1OCCC1CC1. The smallest absolute Gasteiger partial charge is 0.129 e. The number of benzene rings is 1. The van der Waals surface area contributed by atoms with Crippen LogP contribution in [-0.4, -0.2) is 11.6 Å². The van der Waals surface area contributed by atoms with E-state index in [0.717, 1.165) is 12.3 Å². The summed E-state index contributed by atoms with van der Waals surface area (Å²) in [6.45, 7) is 0.645. The molecule has 0 bridgehead atoms. The van der Waals surface area contributed by atoms with Crippen molar-refractivity contribution in [2.75, 3.05) is 6.61 Å². The van der Waals surface area contributed by atoms with Crippen LogP contribution in [0.1, 0.15) is 24.8 Å². The molecule has 1 aromatic carbocycles. The Bertz CT molecular complexity index is 404. The highest BCUT2D eigenvalue weighted by Crippen LogP contribution is 2.32. The molecule has 0 atom stereocenters. The molecular formula is C12H14FNOS. The lowest BCUT2D eigenvalue weighted by molar-refractivity contribution is 0.301. The van der Waals surface area contributed by atoms with Gasteiger partial charge in [-0.1, -0.05) is 25.1 Å². The van der Waals surface area contributed by atoms with Crippen LogP contribution in [0.25, 0.3) is 0 Å². The van der Waals surface area contributed by atoms with Crippen LogP contribution in [0, 0.1) is 11.7 Å². The van der Waals surface area contributed by atoms with Gasteiger partial charge in [-0.25, -0.2) is 4.39 Å². The summed E-state index contributed by atoms with van der Waals surface area (Å²) in [6, 6.07) is 4.25. The maximum atomic E-state index is 13.0. The highest BCUT2D eigenvalue weighted by molar-refractivity contribution is 7.80. The van der Waals surface area contributed by atoms with Crippen LogP contribution >= 0.6 is 12.2 Å². The lowest BCUT2D eigenvalue weighted by Crippen LogP contribution is -2.12. The summed E-state index contributed by atoms with van der Waals surface area (Å²) in [6.07, 6.45) is 3.65. The number of hydrogen-bond acceptors (Lipinski definition) is 2. The molecule has 0 aliphatic heterocycles. The van der Waals surface area contributed by atoms with E-state index in [1.54, 1.807) is 6.07 Å². The molecule has 0 radical (unpaired) electrons. The summed E-state index contributed by atoms with van der Waals surface area (Å²) in [5.41, 5.74) is 5.99. The molecule has 2 rings (SSSR count). The molecule has 2 nitrogen and oxygen atoms in total. The van der Waals surface area contributed by atoms with Crippen molar-refractivity contribution < 1.29 is 9.13 Å². The Morgan fingerprint density at radius 2 is 2.25 bits per heavy atom. The van der Waals surface area contributed by atoms with Crippen LogP contribution in [0.2, 0.25) is 0 Å². The van der Waals surface area contributed by atoms with Gasteiger partial charge in [-0.05, 0) is 30.5 Å². The van der Waals surface area contributed by atoms with Gasteiger partial charge in [0.15, 0.2) is 0 Å². The number of thiocarbonyl (C=S) groups is 1. The lowest BCUT2D eigenvalue weighted by Gasteiger charge is -2.10. The molecule has 0 saturated heterocycles. The van der Waals surface area contributed by atoms with Gasteiger partial charge in [-0.2, -0.15) is 0 Å². The highest BCUT2D eigenvalue weighted by Gasteiger charge is 2.21. The third kappa shape index (κ3) is 2.92. The molecule has 16 heavy (non-hydrogen) atoms. The predicted octanol–water partition coefficient (Wildman–Crippen LogP) is 2.64. The second-order valence-corrected chi connectivity index (χ2v) is 4.53. The van der Waals surface area contributed by atoms with Crippen molar-refractivity contribution in [1.29, 1.82) is 0 Å². The van der Waals surface area contributed by atoms with Gasteiger partial charge in [-0.3, -0.25) is 0 Å². The van der Waals surface area contributed by atoms with Crippen molar-refractivity contribution in [1.82, 2.24) is 0 Å². The van der Waals surface area contributed by atoms with E-state index in [-0.39, 0.29) is 10.8 Å². The van der Waals surface area contributed by atoms with Gasteiger partial charge in [0.05, 0.1) is 12.2 Å². The fraction of sp³-hybridized carbons (Fsp3) is 0.417. The predicted molar refractivity (Wildman–Crippen MR) is 65.1 cm³/mol. The first kappa shape index (κ1) is 11.3. The van der Waals surface area contributed by atoms with Gasteiger partial charge in [-0.15, -0.1) is 0 Å². The minimum absolute atomic E-state index is 0.168. The van der Waals surface area contributed by atoms with Gasteiger partial charge >= 0.3 is 0 Å². The topological polar surface area (TPSA) is 35.2 Å². The van der Waals surface area contributed by atoms with E-state index in [1.165, 1.54) is 25.0 Å². The molecule has 4 heteroatoms. The molecule has 0 amide bonds. The monoisotopic (exact) mass is 239 g/mol. The van der Waals surface area contributed by atoms with E-state index >= 15 is 0 Å². The van der Waals surface area contributed by atoms with Gasteiger partial charge < -0.3 is 10.5 Å². The summed E-state index contributed by atoms with van der Waals surface area (Å²) in [7, 11) is 0. The third-order valence-corrected chi connectivity index (χ3v) is 2.91. The maximum Gasteiger partial charge on any atom is 0.129 e. The Kier molecular flexibility index (Phi) is 3.39. The van der Waals surface area contributed by atoms with E-state index in [2.05, 4.69) is 0 Å². The van der Waals surface area contributed by atoms with Gasteiger partial charge in [0.25, 0.3) is 0 Å². The fourth-order valence-corrected chi connectivity index (χ4v) is 1.72. The van der Waals surface area contributed by atoms with Crippen LogP contribution < -0.4 is 10.5 Å². The van der Waals surface area contributed by atoms with Crippen LogP contribution in [0.3, 0.4) is 0 Å². The minimum atomic E-state index is -0.350. The van der Waals surface area contributed by atoms with Crippen molar-refractivity contribution >= 4 is 17.2 Å². The lowest BCUT2D eigenvalue weighted by atomic mass is 10.2. The maximum absolute atomic E-state index is 13.0. The zero-order chi connectivity index (χ0) is 11.5. The molecule has 0 unspecified atom stereocenters. The van der Waals surface area contributed by atoms with E-state index < -0.39 is 0 Å². The van der Waals surface area contributed by atoms with Crippen LogP contribution in [0.15, 0.2) is 18.2 Å². The Morgan fingerprint density at radius 3 is 2.88 bits per heavy atom. The van der Waals surface area contributed by atoms with E-state index in [4.69, 9.17) is 22.7 Å². The third-order valence-electron chi connectivity index (χ3n) is 2.69. The molecule has 86 valence electrons. The van der Waals surface area contributed by atoms with Crippen molar-refractivity contribution in [3.63, 3.8) is 0 Å². The first-order chi connectivity index (χ1) is 7.66. The van der Waals surface area contributed by atoms with Crippen LogP contribution in [0.4, 0.5) is 4.39 Å². The van der Waals surface area contributed by atoms with Gasteiger partial charge in [0.1, 0.15) is 16.6 Å². The van der Waals surface area contributed by atoms with Gasteiger partial charge in [0, 0.05) is 0 Å². The molecule has 0 heterocycles. The van der Waals surface area contributed by atoms with E-state index in [0.29, 0.717) is 17.9 Å². The first-order valence-corrected chi connectivity index (χ1v) is 5.80. The van der Waals surface area contributed by atoms with E-state index in [9.17, 15) is 4.39 Å². The summed E-state index contributed by atoms with van der Waals surface area (Å²) < 4.78 is 18.6. The summed E-state index contributed by atoms with van der Waals surface area (Å²) >= 11 is 4.85. The van der Waals surface area contributed by atoms with Crippen molar-refractivity contribution in [2.24, 2.45) is 11.7 Å². The van der Waals surface area contributed by atoms with Crippen molar-refractivity contribution in [3.8, 4) is 5.75 Å². The highest BCUT2D eigenvalue weighted by atomic mass is 32.1. The second-order valence-electron chi connectivity index (χ2n) is 4.09. The number of ether oxygens (including phenoxy) is 1. The molecule has 1 aromatic rings. The number of rotatable bonds is 5. The standard InChI is InChI=1S/C12H14FNOS/c13-9-3-4-11(10(7-9)12(14)16)15-6-5-8-1-2-8/h3-4,7-8H,1-2,5-6H2,(H2,14,16). The van der Waals surface area contributed by atoms with Crippen LogP contribution in [0.5, 0.6) is 5.75 Å². The molecule has 1 aliphatic rings. The van der Waals surface area contributed by atoms with Crippen LogP contribution in [-0.2, 0) is 0 Å². The van der Waals surface area contributed by atoms with Crippen molar-refractivity contribution in [3.05, 3.63) is 29.6 Å². The van der Waals surface area contributed by atoms with Crippen molar-refractivity contribution in [2.45, 2.75) is 19.3 Å². The fourth-order valence-electron chi connectivity index (χ4n) is 1.56. The quantitative estimate of drug-likeness (QED) is 0.802. The first-order valence-electron chi connectivity index (χ1n) is 5.39. The minimum Gasteiger partial charge on any atom is -0.493 e. The Hall–Kier alpha value is -1.16. The Labute approximate surface area is 99.6 Å². The normalized spacial score (nSPS) is 14.8. The molecular weight excluding hydrogens is 225 g/mol.